The molecule has 0 aliphatic carbocycles. The van der Waals surface area contributed by atoms with Gasteiger partial charge in [-0.2, -0.15) is 5.10 Å². The summed E-state index contributed by atoms with van der Waals surface area (Å²) in [6.07, 6.45) is 4.64. The minimum Gasteiger partial charge on any atom is -0.481 e. The summed E-state index contributed by atoms with van der Waals surface area (Å²) in [7, 11) is 3.68. The molecular formula is C18H30N4O2. The summed E-state index contributed by atoms with van der Waals surface area (Å²) in [6.45, 7) is 7.85. The molecule has 1 aromatic heterocycles. The first-order valence-corrected chi connectivity index (χ1v) is 9.08. The van der Waals surface area contributed by atoms with Gasteiger partial charge in [-0.1, -0.05) is 0 Å². The number of hydrogen-bond acceptors (Lipinski definition) is 4. The molecule has 24 heavy (non-hydrogen) atoms. The van der Waals surface area contributed by atoms with E-state index in [1.54, 1.807) is 14.0 Å². The molecule has 134 valence electrons. The molecule has 0 N–H and O–H groups in total. The lowest BCUT2D eigenvalue weighted by molar-refractivity contribution is -0.130. The second kappa shape index (κ2) is 7.13. The van der Waals surface area contributed by atoms with Crippen LogP contribution in [0.5, 0.6) is 5.88 Å². The second-order valence-electron chi connectivity index (χ2n) is 7.23. The van der Waals surface area contributed by atoms with Crippen molar-refractivity contribution in [2.24, 2.45) is 13.0 Å². The number of ether oxygens (including phenoxy) is 1. The summed E-state index contributed by atoms with van der Waals surface area (Å²) < 4.78 is 7.47. The molecule has 0 radical (unpaired) electrons. The van der Waals surface area contributed by atoms with Crippen LogP contribution in [-0.4, -0.2) is 58.8 Å². The van der Waals surface area contributed by atoms with Crippen LogP contribution in [0, 0.1) is 12.8 Å². The first-order valence-electron chi connectivity index (χ1n) is 9.08. The van der Waals surface area contributed by atoms with E-state index in [4.69, 9.17) is 4.74 Å². The Labute approximate surface area is 144 Å². The fraction of sp³-hybridized carbons (Fsp3) is 0.778. The molecule has 3 heterocycles. The Morgan fingerprint density at radius 2 is 1.96 bits per heavy atom. The Hall–Kier alpha value is -1.56. The van der Waals surface area contributed by atoms with Gasteiger partial charge in [0.15, 0.2) is 0 Å². The van der Waals surface area contributed by atoms with Crippen molar-refractivity contribution < 1.29 is 9.53 Å². The smallest absolute Gasteiger partial charge is 0.219 e. The number of nitrogens with zero attached hydrogens (tertiary/aromatic N) is 4. The molecule has 1 amide bonds. The topological polar surface area (TPSA) is 50.6 Å². The molecule has 2 aliphatic rings. The maximum atomic E-state index is 11.5. The maximum Gasteiger partial charge on any atom is 0.219 e. The van der Waals surface area contributed by atoms with Crippen LogP contribution in [-0.2, 0) is 11.8 Å². The SMILES string of the molecule is COc1c([C@H]2CCCN2CC2CCN(C(C)=O)CC2)c(C)nn1C. The quantitative estimate of drug-likeness (QED) is 0.846. The van der Waals surface area contributed by atoms with Gasteiger partial charge in [0.2, 0.25) is 11.8 Å². The van der Waals surface area contributed by atoms with Gasteiger partial charge < -0.3 is 9.64 Å². The molecule has 2 aliphatic heterocycles. The number of carbonyl (C=O) groups excluding carboxylic acids is 1. The predicted molar refractivity (Wildman–Crippen MR) is 93.0 cm³/mol. The summed E-state index contributed by atoms with van der Waals surface area (Å²) in [5.74, 6) is 1.79. The normalized spacial score (nSPS) is 23.0. The first-order chi connectivity index (χ1) is 11.5. The second-order valence-corrected chi connectivity index (χ2v) is 7.23. The van der Waals surface area contributed by atoms with E-state index < -0.39 is 0 Å². The standard InChI is InChI=1S/C18H30N4O2/c1-13-17(18(24-4)20(3)19-13)16-6-5-9-22(16)12-15-7-10-21(11-8-15)14(2)23/h15-16H,5-12H2,1-4H3/t16-/m1/s1. The summed E-state index contributed by atoms with van der Waals surface area (Å²) in [5, 5.41) is 4.56. The summed E-state index contributed by atoms with van der Waals surface area (Å²) in [4.78, 5) is 16.1. The summed E-state index contributed by atoms with van der Waals surface area (Å²) in [6, 6.07) is 0.416. The third-order valence-electron chi connectivity index (χ3n) is 5.66. The molecule has 3 rings (SSSR count). The lowest BCUT2D eigenvalue weighted by atomic mass is 9.95. The number of piperidine rings is 1. The van der Waals surface area contributed by atoms with Crippen molar-refractivity contribution >= 4 is 5.91 Å². The zero-order chi connectivity index (χ0) is 17.3. The van der Waals surface area contributed by atoms with Gasteiger partial charge in [0, 0.05) is 39.6 Å². The fourth-order valence-corrected chi connectivity index (χ4v) is 4.41. The molecule has 0 aromatic carbocycles. The minimum atomic E-state index is 0.211. The van der Waals surface area contributed by atoms with Crippen LogP contribution < -0.4 is 4.74 Å². The van der Waals surface area contributed by atoms with Crippen molar-refractivity contribution in [1.82, 2.24) is 19.6 Å². The number of hydrogen-bond donors (Lipinski definition) is 0. The van der Waals surface area contributed by atoms with Gasteiger partial charge in [0.05, 0.1) is 18.4 Å². The van der Waals surface area contributed by atoms with Crippen molar-refractivity contribution in [2.75, 3.05) is 33.3 Å². The molecular weight excluding hydrogens is 304 g/mol. The van der Waals surface area contributed by atoms with Crippen LogP contribution in [0.4, 0.5) is 0 Å². The number of rotatable bonds is 4. The van der Waals surface area contributed by atoms with E-state index in [1.807, 2.05) is 16.6 Å². The van der Waals surface area contributed by atoms with Crippen molar-refractivity contribution in [3.05, 3.63) is 11.3 Å². The van der Waals surface area contributed by atoms with Crippen molar-refractivity contribution in [1.29, 1.82) is 0 Å². The molecule has 6 heteroatoms. The van der Waals surface area contributed by atoms with Gasteiger partial charge in [0.25, 0.3) is 0 Å². The lowest BCUT2D eigenvalue weighted by Crippen LogP contribution is -2.40. The molecule has 1 aromatic rings. The molecule has 0 saturated carbocycles. The summed E-state index contributed by atoms with van der Waals surface area (Å²) in [5.41, 5.74) is 2.34. The van der Waals surface area contributed by atoms with Gasteiger partial charge in [-0.05, 0) is 45.1 Å². The Kier molecular flexibility index (Phi) is 5.13. The molecule has 0 spiro atoms. The Balaban J connectivity index is 1.68. The first kappa shape index (κ1) is 17.3. The summed E-state index contributed by atoms with van der Waals surface area (Å²) >= 11 is 0. The van der Waals surface area contributed by atoms with Crippen molar-refractivity contribution in [3.8, 4) is 5.88 Å². The molecule has 2 fully saturated rings. The monoisotopic (exact) mass is 334 g/mol. The molecule has 1 atom stereocenters. The average Bonchev–Trinajstić information content (AvgIpc) is 3.10. The highest BCUT2D eigenvalue weighted by Crippen LogP contribution is 2.39. The molecule has 2 saturated heterocycles. The van der Waals surface area contributed by atoms with Crippen LogP contribution in [0.1, 0.15) is 49.9 Å². The van der Waals surface area contributed by atoms with E-state index in [0.29, 0.717) is 12.0 Å². The van der Waals surface area contributed by atoms with Gasteiger partial charge in [-0.15, -0.1) is 0 Å². The Morgan fingerprint density at radius 1 is 1.25 bits per heavy atom. The van der Waals surface area contributed by atoms with E-state index in [0.717, 1.165) is 50.6 Å². The van der Waals surface area contributed by atoms with E-state index in [-0.39, 0.29) is 5.91 Å². The number of amides is 1. The number of methoxy groups -OCH3 is 1. The van der Waals surface area contributed by atoms with Crippen LogP contribution in [0.25, 0.3) is 0 Å². The minimum absolute atomic E-state index is 0.211. The van der Waals surface area contributed by atoms with Crippen LogP contribution in [0.3, 0.4) is 0 Å². The fourth-order valence-electron chi connectivity index (χ4n) is 4.41. The highest BCUT2D eigenvalue weighted by Gasteiger charge is 2.34. The zero-order valence-corrected chi connectivity index (χ0v) is 15.4. The molecule has 0 unspecified atom stereocenters. The number of carbonyl (C=O) groups is 1. The van der Waals surface area contributed by atoms with Crippen LogP contribution in [0.15, 0.2) is 0 Å². The van der Waals surface area contributed by atoms with Crippen LogP contribution in [0.2, 0.25) is 0 Å². The number of aromatic nitrogens is 2. The van der Waals surface area contributed by atoms with E-state index >= 15 is 0 Å². The molecule has 6 nitrogen and oxygen atoms in total. The lowest BCUT2D eigenvalue weighted by Gasteiger charge is -2.35. The maximum absolute atomic E-state index is 11.5. The van der Waals surface area contributed by atoms with Crippen molar-refractivity contribution in [2.45, 2.75) is 45.6 Å². The van der Waals surface area contributed by atoms with E-state index in [1.165, 1.54) is 18.4 Å². The molecule has 0 bridgehead atoms. The number of likely N-dealkylation sites (tertiary alicyclic amines) is 2. The predicted octanol–water partition coefficient (Wildman–Crippen LogP) is 2.13. The number of aryl methyl sites for hydroxylation is 2. The highest BCUT2D eigenvalue weighted by atomic mass is 16.5. The van der Waals surface area contributed by atoms with Crippen molar-refractivity contribution in [3.63, 3.8) is 0 Å². The van der Waals surface area contributed by atoms with E-state index in [2.05, 4.69) is 16.9 Å². The van der Waals surface area contributed by atoms with Gasteiger partial charge in [0.1, 0.15) is 0 Å². The Bertz CT molecular complexity index is 590. The van der Waals surface area contributed by atoms with Crippen LogP contribution >= 0.6 is 0 Å². The van der Waals surface area contributed by atoms with Gasteiger partial charge in [-0.25, -0.2) is 4.68 Å². The highest BCUT2D eigenvalue weighted by molar-refractivity contribution is 5.73. The third-order valence-corrected chi connectivity index (χ3v) is 5.66. The largest absolute Gasteiger partial charge is 0.481 e. The zero-order valence-electron chi connectivity index (χ0n) is 15.4. The average molecular weight is 334 g/mol. The van der Waals surface area contributed by atoms with Gasteiger partial charge in [-0.3, -0.25) is 9.69 Å². The van der Waals surface area contributed by atoms with Gasteiger partial charge >= 0.3 is 0 Å². The van der Waals surface area contributed by atoms with E-state index in [9.17, 15) is 4.79 Å². The Morgan fingerprint density at radius 3 is 2.58 bits per heavy atom. The third kappa shape index (κ3) is 3.29.